The molecular formula is C11H8F3N3O3. The van der Waals surface area contributed by atoms with E-state index in [1.54, 1.807) is 0 Å². The first-order chi connectivity index (χ1) is 9.28. The van der Waals surface area contributed by atoms with E-state index in [2.05, 4.69) is 15.0 Å². The molecule has 0 spiro atoms. The maximum Gasteiger partial charge on any atom is 0.573 e. The van der Waals surface area contributed by atoms with Crippen LogP contribution in [0.3, 0.4) is 0 Å². The molecule has 0 unspecified atom stereocenters. The molecule has 6 nitrogen and oxygen atoms in total. The topological polar surface area (TPSA) is 77.2 Å². The van der Waals surface area contributed by atoms with E-state index in [-0.39, 0.29) is 11.4 Å². The van der Waals surface area contributed by atoms with E-state index in [0.29, 0.717) is 5.56 Å². The molecular weight excluding hydrogens is 279 g/mol. The number of nitrogens with zero attached hydrogens (tertiary/aromatic N) is 3. The minimum atomic E-state index is -4.78. The number of aryl methyl sites for hydroxylation is 1. The van der Waals surface area contributed by atoms with E-state index in [1.165, 1.54) is 19.2 Å². The van der Waals surface area contributed by atoms with Gasteiger partial charge in [0.2, 0.25) is 0 Å². The second kappa shape index (κ2) is 4.83. The number of halogens is 3. The highest BCUT2D eigenvalue weighted by Crippen LogP contribution is 2.26. The third-order valence-electron chi connectivity index (χ3n) is 2.39. The fourth-order valence-electron chi connectivity index (χ4n) is 1.61. The Bertz CT molecular complexity index is 635. The summed E-state index contributed by atoms with van der Waals surface area (Å²) < 4.78 is 40.8. The SMILES string of the molecule is Cn1nnc(-c2ccc(OC(F)(F)F)cc2)c1C(=O)O. The van der Waals surface area contributed by atoms with Crippen molar-refractivity contribution < 1.29 is 27.8 Å². The van der Waals surface area contributed by atoms with Crippen LogP contribution in [0, 0.1) is 0 Å². The van der Waals surface area contributed by atoms with Crippen LogP contribution in [0.25, 0.3) is 11.3 Å². The van der Waals surface area contributed by atoms with Crippen molar-refractivity contribution in [3.8, 4) is 17.0 Å². The minimum Gasteiger partial charge on any atom is -0.476 e. The van der Waals surface area contributed by atoms with Gasteiger partial charge in [0.25, 0.3) is 0 Å². The lowest BCUT2D eigenvalue weighted by Crippen LogP contribution is -2.16. The number of alkyl halides is 3. The summed E-state index contributed by atoms with van der Waals surface area (Å²) in [6.45, 7) is 0. The molecule has 0 saturated heterocycles. The molecule has 0 aliphatic heterocycles. The van der Waals surface area contributed by atoms with E-state index >= 15 is 0 Å². The summed E-state index contributed by atoms with van der Waals surface area (Å²) in [5, 5.41) is 16.3. The number of carbonyl (C=O) groups is 1. The Hall–Kier alpha value is -2.58. The van der Waals surface area contributed by atoms with Crippen LogP contribution in [0.15, 0.2) is 24.3 Å². The zero-order chi connectivity index (χ0) is 14.9. The average Bonchev–Trinajstić information content (AvgIpc) is 2.70. The number of aromatic nitrogens is 3. The fourth-order valence-corrected chi connectivity index (χ4v) is 1.61. The van der Waals surface area contributed by atoms with Crippen LogP contribution < -0.4 is 4.74 Å². The number of carboxylic acids is 1. The van der Waals surface area contributed by atoms with Crippen LogP contribution in [0.1, 0.15) is 10.5 Å². The second-order valence-electron chi connectivity index (χ2n) is 3.79. The zero-order valence-corrected chi connectivity index (χ0v) is 10.0. The standard InChI is InChI=1S/C11H8F3N3O3/c1-17-9(10(18)19)8(15-16-17)6-2-4-7(5-3-6)20-11(12,13)14/h2-5H,1H3,(H,18,19). The molecule has 0 amide bonds. The van der Waals surface area contributed by atoms with Gasteiger partial charge in [-0.2, -0.15) is 0 Å². The molecule has 1 aromatic carbocycles. The summed E-state index contributed by atoms with van der Waals surface area (Å²) in [7, 11) is 1.40. The minimum absolute atomic E-state index is 0.0681. The van der Waals surface area contributed by atoms with Crippen LogP contribution in [0.5, 0.6) is 5.75 Å². The largest absolute Gasteiger partial charge is 0.573 e. The first kappa shape index (κ1) is 13.8. The van der Waals surface area contributed by atoms with Crippen molar-refractivity contribution in [2.45, 2.75) is 6.36 Å². The summed E-state index contributed by atoms with van der Waals surface area (Å²) in [6, 6.07) is 4.70. The van der Waals surface area contributed by atoms with Crippen molar-refractivity contribution in [1.82, 2.24) is 15.0 Å². The van der Waals surface area contributed by atoms with E-state index < -0.39 is 18.1 Å². The Morgan fingerprint density at radius 2 is 1.90 bits per heavy atom. The average molecular weight is 287 g/mol. The van der Waals surface area contributed by atoms with Gasteiger partial charge in [-0.25, -0.2) is 9.48 Å². The molecule has 2 aromatic rings. The highest BCUT2D eigenvalue weighted by Gasteiger charge is 2.31. The Labute approximate surface area is 110 Å². The smallest absolute Gasteiger partial charge is 0.476 e. The summed E-state index contributed by atoms with van der Waals surface area (Å²) in [5.41, 5.74) is 0.234. The van der Waals surface area contributed by atoms with Crippen LogP contribution in [-0.4, -0.2) is 32.4 Å². The number of hydrogen-bond donors (Lipinski definition) is 1. The summed E-state index contributed by atoms with van der Waals surface area (Å²) in [5.74, 6) is -1.63. The predicted molar refractivity (Wildman–Crippen MR) is 60.1 cm³/mol. The summed E-state index contributed by atoms with van der Waals surface area (Å²) in [6.07, 6.45) is -4.78. The van der Waals surface area contributed by atoms with Crippen molar-refractivity contribution in [2.24, 2.45) is 7.05 Å². The van der Waals surface area contributed by atoms with Gasteiger partial charge in [-0.1, -0.05) is 5.21 Å². The zero-order valence-electron chi connectivity index (χ0n) is 10.0. The number of rotatable bonds is 3. The van der Waals surface area contributed by atoms with E-state index in [4.69, 9.17) is 5.11 Å². The van der Waals surface area contributed by atoms with Crippen LogP contribution in [0.4, 0.5) is 13.2 Å². The van der Waals surface area contributed by atoms with E-state index in [9.17, 15) is 18.0 Å². The highest BCUT2D eigenvalue weighted by molar-refractivity contribution is 5.92. The molecule has 0 fully saturated rings. The molecule has 0 atom stereocenters. The van der Waals surface area contributed by atoms with E-state index in [0.717, 1.165) is 16.8 Å². The molecule has 2 rings (SSSR count). The van der Waals surface area contributed by atoms with Gasteiger partial charge in [0.05, 0.1) is 0 Å². The van der Waals surface area contributed by atoms with Gasteiger partial charge in [0.15, 0.2) is 5.69 Å². The van der Waals surface area contributed by atoms with Crippen molar-refractivity contribution >= 4 is 5.97 Å². The molecule has 0 aliphatic carbocycles. The van der Waals surface area contributed by atoms with Gasteiger partial charge >= 0.3 is 12.3 Å². The Morgan fingerprint density at radius 1 is 1.30 bits per heavy atom. The normalized spacial score (nSPS) is 11.4. The maximum atomic E-state index is 12.0. The van der Waals surface area contributed by atoms with E-state index in [1.807, 2.05) is 0 Å². The van der Waals surface area contributed by atoms with Crippen molar-refractivity contribution in [3.63, 3.8) is 0 Å². The molecule has 9 heteroatoms. The number of hydrogen-bond acceptors (Lipinski definition) is 4. The lowest BCUT2D eigenvalue weighted by Gasteiger charge is -2.08. The lowest BCUT2D eigenvalue weighted by molar-refractivity contribution is -0.274. The second-order valence-corrected chi connectivity index (χ2v) is 3.79. The van der Waals surface area contributed by atoms with Gasteiger partial charge in [0.1, 0.15) is 11.4 Å². The molecule has 0 saturated carbocycles. The van der Waals surface area contributed by atoms with Gasteiger partial charge < -0.3 is 9.84 Å². The number of ether oxygens (including phenoxy) is 1. The third-order valence-corrected chi connectivity index (χ3v) is 2.39. The van der Waals surface area contributed by atoms with Gasteiger partial charge in [-0.3, -0.25) is 0 Å². The molecule has 0 bridgehead atoms. The Morgan fingerprint density at radius 3 is 2.40 bits per heavy atom. The van der Waals surface area contributed by atoms with Crippen molar-refractivity contribution in [1.29, 1.82) is 0 Å². The maximum absolute atomic E-state index is 12.0. The molecule has 1 aromatic heterocycles. The number of benzene rings is 1. The first-order valence-corrected chi connectivity index (χ1v) is 5.27. The first-order valence-electron chi connectivity index (χ1n) is 5.27. The molecule has 1 heterocycles. The number of carboxylic acid groups (broad SMARTS) is 1. The monoisotopic (exact) mass is 287 g/mol. The number of aromatic carboxylic acids is 1. The van der Waals surface area contributed by atoms with Crippen LogP contribution in [0.2, 0.25) is 0 Å². The molecule has 0 radical (unpaired) electrons. The van der Waals surface area contributed by atoms with Crippen molar-refractivity contribution in [3.05, 3.63) is 30.0 Å². The highest BCUT2D eigenvalue weighted by atomic mass is 19.4. The Balaban J connectivity index is 2.34. The molecule has 20 heavy (non-hydrogen) atoms. The summed E-state index contributed by atoms with van der Waals surface area (Å²) >= 11 is 0. The van der Waals surface area contributed by atoms with Gasteiger partial charge in [0, 0.05) is 12.6 Å². The van der Waals surface area contributed by atoms with Crippen molar-refractivity contribution in [2.75, 3.05) is 0 Å². The van der Waals surface area contributed by atoms with Crippen LogP contribution in [-0.2, 0) is 7.05 Å². The fraction of sp³-hybridized carbons (Fsp3) is 0.182. The predicted octanol–water partition coefficient (Wildman–Crippen LogP) is 2.08. The summed E-state index contributed by atoms with van der Waals surface area (Å²) in [4.78, 5) is 11.1. The lowest BCUT2D eigenvalue weighted by atomic mass is 10.1. The van der Waals surface area contributed by atoms with Gasteiger partial charge in [-0.05, 0) is 24.3 Å². The third kappa shape index (κ3) is 2.87. The van der Waals surface area contributed by atoms with Gasteiger partial charge in [-0.15, -0.1) is 18.3 Å². The quantitative estimate of drug-likeness (QED) is 0.935. The Kier molecular flexibility index (Phi) is 3.35. The van der Waals surface area contributed by atoms with Crippen LogP contribution >= 0.6 is 0 Å². The molecule has 1 N–H and O–H groups in total. The molecule has 0 aliphatic rings. The molecule has 106 valence electrons.